The smallest absolute Gasteiger partial charge is 0.348 e. The molecule has 0 aliphatic heterocycles. The van der Waals surface area contributed by atoms with Crippen LogP contribution in [0.4, 0.5) is 0 Å². The molecule has 2 aromatic carbocycles. The topological polar surface area (TPSA) is 80.0 Å². The van der Waals surface area contributed by atoms with Crippen LogP contribution in [0.3, 0.4) is 0 Å². The molecule has 0 saturated carbocycles. The molecule has 0 aliphatic carbocycles. The minimum atomic E-state index is -0.456. The average Bonchev–Trinajstić information content (AvgIpc) is 2.89. The lowest BCUT2D eigenvalue weighted by atomic mass is 10.1. The number of aromatic amines is 2. The standard InChI is InChI=1S/C19H17N3O3/c1-10-11(2)20-16-7-5-13(9-14(10)16)25-18-15-8-12(24-3)4-6-17(15)21-19(23)22-18/h4-9,20H,1-3H3,(H,21,22,23). The molecule has 0 saturated heterocycles. The van der Waals surface area contributed by atoms with E-state index in [0.29, 0.717) is 22.4 Å². The van der Waals surface area contributed by atoms with Gasteiger partial charge < -0.3 is 19.4 Å². The number of hydrogen-bond acceptors (Lipinski definition) is 4. The lowest BCUT2D eigenvalue weighted by Crippen LogP contribution is -2.11. The summed E-state index contributed by atoms with van der Waals surface area (Å²) in [5.74, 6) is 1.54. The fourth-order valence-electron chi connectivity index (χ4n) is 2.93. The third-order valence-electron chi connectivity index (χ3n) is 4.40. The number of H-pyrrole nitrogens is 2. The Bertz CT molecular complexity index is 1160. The van der Waals surface area contributed by atoms with Crippen molar-refractivity contribution < 1.29 is 9.47 Å². The predicted molar refractivity (Wildman–Crippen MR) is 96.8 cm³/mol. The second kappa shape index (κ2) is 5.66. The molecule has 0 fully saturated rings. The first-order valence-corrected chi connectivity index (χ1v) is 7.90. The highest BCUT2D eigenvalue weighted by atomic mass is 16.5. The van der Waals surface area contributed by atoms with E-state index >= 15 is 0 Å². The maximum Gasteiger partial charge on any atom is 0.348 e. The molecule has 6 nitrogen and oxygen atoms in total. The van der Waals surface area contributed by atoms with Gasteiger partial charge >= 0.3 is 5.69 Å². The van der Waals surface area contributed by atoms with Gasteiger partial charge in [-0.25, -0.2) is 4.79 Å². The molecule has 0 atom stereocenters. The molecule has 0 spiro atoms. The molecule has 2 heterocycles. The number of methoxy groups -OCH3 is 1. The van der Waals surface area contributed by atoms with E-state index in [1.165, 1.54) is 5.56 Å². The summed E-state index contributed by atoms with van der Waals surface area (Å²) in [6.07, 6.45) is 0. The maximum absolute atomic E-state index is 11.8. The van der Waals surface area contributed by atoms with Crippen LogP contribution in [0.2, 0.25) is 0 Å². The van der Waals surface area contributed by atoms with Gasteiger partial charge in [0.15, 0.2) is 0 Å². The van der Waals surface area contributed by atoms with Gasteiger partial charge in [-0.15, -0.1) is 0 Å². The maximum atomic E-state index is 11.8. The second-order valence-corrected chi connectivity index (χ2v) is 5.94. The van der Waals surface area contributed by atoms with E-state index in [9.17, 15) is 4.79 Å². The van der Waals surface area contributed by atoms with Crippen molar-refractivity contribution in [2.45, 2.75) is 13.8 Å². The van der Waals surface area contributed by atoms with Crippen molar-refractivity contribution in [1.82, 2.24) is 15.0 Å². The van der Waals surface area contributed by atoms with Crippen LogP contribution in [0.25, 0.3) is 21.8 Å². The number of nitrogens with zero attached hydrogens (tertiary/aromatic N) is 1. The van der Waals surface area contributed by atoms with Crippen LogP contribution in [0.1, 0.15) is 11.3 Å². The molecule has 0 unspecified atom stereocenters. The van der Waals surface area contributed by atoms with E-state index in [0.717, 1.165) is 16.6 Å². The number of aryl methyl sites for hydroxylation is 2. The highest BCUT2D eigenvalue weighted by molar-refractivity contribution is 5.87. The van der Waals surface area contributed by atoms with Crippen molar-refractivity contribution in [1.29, 1.82) is 0 Å². The van der Waals surface area contributed by atoms with Gasteiger partial charge in [-0.3, -0.25) is 0 Å². The summed E-state index contributed by atoms with van der Waals surface area (Å²) in [7, 11) is 1.59. The first kappa shape index (κ1) is 15.3. The largest absolute Gasteiger partial charge is 0.497 e. The van der Waals surface area contributed by atoms with Crippen molar-refractivity contribution in [2.75, 3.05) is 7.11 Å². The molecule has 0 amide bonds. The van der Waals surface area contributed by atoms with E-state index in [1.54, 1.807) is 25.3 Å². The van der Waals surface area contributed by atoms with Gasteiger partial charge in [-0.05, 0) is 55.8 Å². The molecular weight excluding hydrogens is 318 g/mol. The van der Waals surface area contributed by atoms with Crippen LogP contribution in [0, 0.1) is 13.8 Å². The summed E-state index contributed by atoms with van der Waals surface area (Å²) in [4.78, 5) is 21.8. The normalized spacial score (nSPS) is 11.2. The quantitative estimate of drug-likeness (QED) is 0.596. The average molecular weight is 335 g/mol. The van der Waals surface area contributed by atoms with Crippen LogP contribution >= 0.6 is 0 Å². The van der Waals surface area contributed by atoms with Crippen molar-refractivity contribution in [3.63, 3.8) is 0 Å². The highest BCUT2D eigenvalue weighted by Crippen LogP contribution is 2.31. The van der Waals surface area contributed by atoms with E-state index in [2.05, 4.69) is 21.9 Å². The van der Waals surface area contributed by atoms with Crippen LogP contribution in [-0.4, -0.2) is 22.1 Å². The summed E-state index contributed by atoms with van der Waals surface area (Å²) >= 11 is 0. The van der Waals surface area contributed by atoms with Crippen molar-refractivity contribution in [3.05, 3.63) is 58.1 Å². The Balaban J connectivity index is 1.84. The van der Waals surface area contributed by atoms with E-state index in [-0.39, 0.29) is 5.88 Å². The zero-order valence-electron chi connectivity index (χ0n) is 14.1. The Hall–Kier alpha value is -3.28. The molecule has 4 rings (SSSR count). The lowest BCUT2D eigenvalue weighted by molar-refractivity contribution is 0.415. The number of hydrogen-bond donors (Lipinski definition) is 2. The van der Waals surface area contributed by atoms with Crippen molar-refractivity contribution in [2.24, 2.45) is 0 Å². The van der Waals surface area contributed by atoms with E-state index in [4.69, 9.17) is 9.47 Å². The number of aromatic nitrogens is 3. The summed E-state index contributed by atoms with van der Waals surface area (Å²) in [5, 5.41) is 1.77. The predicted octanol–water partition coefficient (Wildman–Crippen LogP) is 3.82. The SMILES string of the molecule is COc1ccc2[nH]c(=O)nc(Oc3ccc4[nH]c(C)c(C)c4c3)c2c1. The Morgan fingerprint density at radius 2 is 1.60 bits per heavy atom. The molecule has 2 aromatic heterocycles. The molecule has 4 aromatic rings. The van der Waals surface area contributed by atoms with Gasteiger partial charge in [0.25, 0.3) is 0 Å². The monoisotopic (exact) mass is 335 g/mol. The van der Waals surface area contributed by atoms with E-state index < -0.39 is 5.69 Å². The van der Waals surface area contributed by atoms with E-state index in [1.807, 2.05) is 25.1 Å². The highest BCUT2D eigenvalue weighted by Gasteiger charge is 2.11. The minimum absolute atomic E-state index is 0.252. The zero-order chi connectivity index (χ0) is 17.6. The van der Waals surface area contributed by atoms with Gasteiger partial charge in [-0.1, -0.05) is 0 Å². The van der Waals surface area contributed by atoms with Crippen LogP contribution in [-0.2, 0) is 0 Å². The van der Waals surface area contributed by atoms with Gasteiger partial charge in [0, 0.05) is 16.6 Å². The number of rotatable bonds is 3. The summed E-state index contributed by atoms with van der Waals surface area (Å²) < 4.78 is 11.2. The molecule has 0 radical (unpaired) electrons. The van der Waals surface area contributed by atoms with Crippen LogP contribution in [0.15, 0.2) is 41.2 Å². The first-order chi connectivity index (χ1) is 12.0. The summed E-state index contributed by atoms with van der Waals surface area (Å²) in [6.45, 7) is 4.09. The van der Waals surface area contributed by atoms with Gasteiger partial charge in [-0.2, -0.15) is 4.98 Å². The van der Waals surface area contributed by atoms with Crippen molar-refractivity contribution in [3.8, 4) is 17.4 Å². The fourth-order valence-corrected chi connectivity index (χ4v) is 2.93. The second-order valence-electron chi connectivity index (χ2n) is 5.94. The molecular formula is C19H17N3O3. The number of benzene rings is 2. The number of ether oxygens (including phenoxy) is 2. The lowest BCUT2D eigenvalue weighted by Gasteiger charge is -2.09. The third-order valence-corrected chi connectivity index (χ3v) is 4.40. The molecule has 2 N–H and O–H groups in total. The molecule has 0 bridgehead atoms. The Kier molecular flexibility index (Phi) is 3.46. The Morgan fingerprint density at radius 1 is 0.920 bits per heavy atom. The third kappa shape index (κ3) is 2.61. The first-order valence-electron chi connectivity index (χ1n) is 7.90. The fraction of sp³-hybridized carbons (Fsp3) is 0.158. The minimum Gasteiger partial charge on any atom is -0.497 e. The summed E-state index contributed by atoms with van der Waals surface area (Å²) in [5.41, 5.74) is 3.53. The molecule has 6 heteroatoms. The van der Waals surface area contributed by atoms with Crippen LogP contribution < -0.4 is 15.2 Å². The van der Waals surface area contributed by atoms with Gasteiger partial charge in [0.2, 0.25) is 5.88 Å². The zero-order valence-corrected chi connectivity index (χ0v) is 14.1. The molecule has 126 valence electrons. The Morgan fingerprint density at radius 3 is 2.36 bits per heavy atom. The molecule has 25 heavy (non-hydrogen) atoms. The number of fused-ring (bicyclic) bond motifs is 2. The van der Waals surface area contributed by atoms with Crippen molar-refractivity contribution >= 4 is 21.8 Å². The Labute approximate surface area is 143 Å². The molecule has 0 aliphatic rings. The van der Waals surface area contributed by atoms with Crippen LogP contribution in [0.5, 0.6) is 17.4 Å². The van der Waals surface area contributed by atoms with Gasteiger partial charge in [0.1, 0.15) is 11.5 Å². The number of nitrogens with one attached hydrogen (secondary N) is 2. The van der Waals surface area contributed by atoms with Gasteiger partial charge in [0.05, 0.1) is 18.0 Å². The summed E-state index contributed by atoms with van der Waals surface area (Å²) in [6, 6.07) is 11.1.